The lowest BCUT2D eigenvalue weighted by Crippen LogP contribution is -2.74. The molecule has 2 fully saturated rings. The van der Waals surface area contributed by atoms with Gasteiger partial charge in [-0.1, -0.05) is 12.1 Å². The smallest absolute Gasteiger partial charge is 0.328 e. The van der Waals surface area contributed by atoms with E-state index in [1.54, 1.807) is 30.3 Å². The van der Waals surface area contributed by atoms with Crippen molar-refractivity contribution in [3.8, 4) is 0 Å². The summed E-state index contributed by atoms with van der Waals surface area (Å²) in [6.45, 7) is 2.51. The van der Waals surface area contributed by atoms with Crippen molar-refractivity contribution in [2.75, 3.05) is 34.8 Å². The van der Waals surface area contributed by atoms with Gasteiger partial charge in [0.2, 0.25) is 17.7 Å². The molecule has 2 saturated heterocycles. The summed E-state index contributed by atoms with van der Waals surface area (Å²) in [6.07, 6.45) is 0.0347. The highest BCUT2D eigenvalue weighted by molar-refractivity contribution is 6.20. The minimum atomic E-state index is -1.60. The Hall–Kier alpha value is -3.95. The van der Waals surface area contributed by atoms with Gasteiger partial charge in [0.05, 0.1) is 11.7 Å². The summed E-state index contributed by atoms with van der Waals surface area (Å²) in [6, 6.07) is 10.2. The molecule has 3 aliphatic heterocycles. The highest BCUT2D eigenvalue weighted by Crippen LogP contribution is 2.45. The third-order valence-electron chi connectivity index (χ3n) is 6.59. The molecule has 170 valence electrons. The number of hydrogen-bond donors (Lipinski definition) is 3. The maximum absolute atomic E-state index is 14.5. The minimum Gasteiger partial charge on any atom is -0.365 e. The van der Waals surface area contributed by atoms with E-state index in [-0.39, 0.29) is 24.7 Å². The molecule has 3 heterocycles. The van der Waals surface area contributed by atoms with E-state index in [1.165, 1.54) is 13.0 Å². The number of carbonyl (C=O) groups excluding carboxylic acids is 4. The predicted molar refractivity (Wildman–Crippen MR) is 118 cm³/mol. The maximum Gasteiger partial charge on any atom is 0.328 e. The molecular formula is C23H22FN5O4. The summed E-state index contributed by atoms with van der Waals surface area (Å²) in [5.74, 6) is -1.99. The van der Waals surface area contributed by atoms with Crippen LogP contribution in [-0.2, 0) is 20.8 Å². The van der Waals surface area contributed by atoms with Crippen LogP contribution in [0.1, 0.15) is 12.5 Å². The number of carbonyl (C=O) groups is 4. The Morgan fingerprint density at radius 2 is 1.79 bits per heavy atom. The lowest BCUT2D eigenvalue weighted by molar-refractivity contribution is -0.146. The Kier molecular flexibility index (Phi) is 4.80. The molecule has 0 saturated carbocycles. The molecule has 5 amide bonds. The van der Waals surface area contributed by atoms with E-state index in [0.29, 0.717) is 30.0 Å². The van der Waals surface area contributed by atoms with E-state index in [2.05, 4.69) is 16.0 Å². The number of hydrogen-bond acceptors (Lipinski definition) is 6. The van der Waals surface area contributed by atoms with Crippen molar-refractivity contribution in [1.29, 1.82) is 0 Å². The molecule has 2 aromatic rings. The fourth-order valence-electron chi connectivity index (χ4n) is 5.15. The van der Waals surface area contributed by atoms with Gasteiger partial charge < -0.3 is 15.1 Å². The largest absolute Gasteiger partial charge is 0.365 e. The standard InChI is InChI=1S/C23H22FN5O4/c1-13(30)25-15-6-7-17-14(10-15)11-23(20(31)26-22(33)27-21(23)32)19-12-28(8-9-29(17)19)18-5-3-2-4-16(18)24/h2-7,10,19H,8-9,11-12H2,1H3,(H,25,30)(H2,26,27,31,32,33). The third-order valence-corrected chi connectivity index (χ3v) is 6.59. The Morgan fingerprint density at radius 3 is 2.48 bits per heavy atom. The number of nitrogens with one attached hydrogen (secondary N) is 3. The number of rotatable bonds is 2. The first-order chi connectivity index (χ1) is 15.8. The van der Waals surface area contributed by atoms with Crippen LogP contribution in [0.25, 0.3) is 0 Å². The van der Waals surface area contributed by atoms with Crippen LogP contribution < -0.4 is 25.8 Å². The first-order valence-electron chi connectivity index (χ1n) is 10.6. The summed E-state index contributed by atoms with van der Waals surface area (Å²) in [7, 11) is 0. The molecule has 0 aromatic heterocycles. The average molecular weight is 451 g/mol. The molecular weight excluding hydrogens is 429 g/mol. The quantitative estimate of drug-likeness (QED) is 0.595. The van der Waals surface area contributed by atoms with Crippen LogP contribution in [0.3, 0.4) is 0 Å². The van der Waals surface area contributed by atoms with Crippen molar-refractivity contribution in [3.05, 3.63) is 53.8 Å². The van der Waals surface area contributed by atoms with E-state index in [0.717, 1.165) is 5.69 Å². The van der Waals surface area contributed by atoms with Gasteiger partial charge in [0.25, 0.3) is 0 Å². The zero-order valence-electron chi connectivity index (χ0n) is 17.9. The normalized spacial score (nSPS) is 21.2. The van der Waals surface area contributed by atoms with E-state index in [1.807, 2.05) is 15.9 Å². The summed E-state index contributed by atoms with van der Waals surface area (Å²) in [5, 5.41) is 7.22. The van der Waals surface area contributed by atoms with Gasteiger partial charge in [0.1, 0.15) is 5.82 Å². The maximum atomic E-state index is 14.5. The van der Waals surface area contributed by atoms with Gasteiger partial charge in [0.15, 0.2) is 5.41 Å². The monoisotopic (exact) mass is 451 g/mol. The molecule has 0 bridgehead atoms. The van der Waals surface area contributed by atoms with Gasteiger partial charge in [-0.25, -0.2) is 9.18 Å². The molecule has 3 N–H and O–H groups in total. The summed E-state index contributed by atoms with van der Waals surface area (Å²) >= 11 is 0. The van der Waals surface area contributed by atoms with E-state index >= 15 is 0 Å². The summed E-state index contributed by atoms with van der Waals surface area (Å²) in [5.41, 5.74) is 0.890. The molecule has 9 nitrogen and oxygen atoms in total. The number of amides is 5. The molecule has 1 atom stereocenters. The molecule has 1 spiro atoms. The third kappa shape index (κ3) is 3.29. The van der Waals surface area contributed by atoms with Gasteiger partial charge in [-0.15, -0.1) is 0 Å². The molecule has 1 unspecified atom stereocenters. The Labute approximate surface area is 188 Å². The van der Waals surface area contributed by atoms with Crippen molar-refractivity contribution in [2.45, 2.75) is 19.4 Å². The second-order valence-electron chi connectivity index (χ2n) is 8.52. The van der Waals surface area contributed by atoms with Crippen LogP contribution in [0, 0.1) is 11.2 Å². The van der Waals surface area contributed by atoms with Crippen LogP contribution >= 0.6 is 0 Å². The van der Waals surface area contributed by atoms with E-state index in [9.17, 15) is 23.6 Å². The number of urea groups is 1. The number of para-hydroxylation sites is 1. The van der Waals surface area contributed by atoms with E-state index in [4.69, 9.17) is 0 Å². The van der Waals surface area contributed by atoms with Crippen LogP contribution in [0.5, 0.6) is 0 Å². The number of halogens is 1. The second-order valence-corrected chi connectivity index (χ2v) is 8.52. The number of piperazine rings is 1. The van der Waals surface area contributed by atoms with Gasteiger partial charge in [-0.3, -0.25) is 25.0 Å². The lowest BCUT2D eigenvalue weighted by atomic mass is 9.68. The molecule has 3 aliphatic rings. The highest BCUT2D eigenvalue weighted by atomic mass is 19.1. The first-order valence-corrected chi connectivity index (χ1v) is 10.6. The Balaban J connectivity index is 1.61. The minimum absolute atomic E-state index is 0.0347. The number of fused-ring (bicyclic) bond motifs is 4. The molecule has 5 rings (SSSR count). The van der Waals surface area contributed by atoms with Gasteiger partial charge in [-0.05, 0) is 42.3 Å². The van der Waals surface area contributed by atoms with Gasteiger partial charge in [-0.2, -0.15) is 0 Å². The number of imide groups is 2. The van der Waals surface area contributed by atoms with Crippen molar-refractivity contribution < 1.29 is 23.6 Å². The van der Waals surface area contributed by atoms with Crippen LogP contribution in [0.15, 0.2) is 42.5 Å². The zero-order chi connectivity index (χ0) is 23.3. The zero-order valence-corrected chi connectivity index (χ0v) is 17.9. The fourth-order valence-corrected chi connectivity index (χ4v) is 5.15. The average Bonchev–Trinajstić information content (AvgIpc) is 2.76. The number of barbiturate groups is 1. The first kappa shape index (κ1) is 20.9. The number of benzene rings is 2. The van der Waals surface area contributed by atoms with Crippen LogP contribution in [-0.4, -0.2) is 49.4 Å². The Bertz CT molecular complexity index is 1180. The topological polar surface area (TPSA) is 111 Å². The fraction of sp³-hybridized carbons (Fsp3) is 0.304. The predicted octanol–water partition coefficient (Wildman–Crippen LogP) is 1.39. The molecule has 10 heteroatoms. The highest BCUT2D eigenvalue weighted by Gasteiger charge is 2.61. The van der Waals surface area contributed by atoms with Crippen LogP contribution in [0.2, 0.25) is 0 Å². The number of anilines is 3. The second kappa shape index (κ2) is 7.58. The molecule has 0 radical (unpaired) electrons. The SMILES string of the molecule is CC(=O)Nc1ccc2c(c1)CC1(C(=O)NC(=O)NC1=O)C1CN(c3ccccc3F)CCN21. The van der Waals surface area contributed by atoms with Gasteiger partial charge in [0, 0.05) is 37.9 Å². The summed E-state index contributed by atoms with van der Waals surface area (Å²) < 4.78 is 14.5. The van der Waals surface area contributed by atoms with Crippen molar-refractivity contribution in [2.24, 2.45) is 5.41 Å². The van der Waals surface area contributed by atoms with Crippen molar-refractivity contribution >= 4 is 40.8 Å². The van der Waals surface area contributed by atoms with Crippen LogP contribution in [0.4, 0.5) is 26.2 Å². The molecule has 0 aliphatic carbocycles. The molecule has 2 aromatic carbocycles. The van der Waals surface area contributed by atoms with Crippen molar-refractivity contribution in [3.63, 3.8) is 0 Å². The summed E-state index contributed by atoms with van der Waals surface area (Å²) in [4.78, 5) is 53.7. The van der Waals surface area contributed by atoms with Gasteiger partial charge >= 0.3 is 6.03 Å². The number of nitrogens with zero attached hydrogens (tertiary/aromatic N) is 2. The Morgan fingerprint density at radius 1 is 1.06 bits per heavy atom. The molecule has 33 heavy (non-hydrogen) atoms. The van der Waals surface area contributed by atoms with Crippen molar-refractivity contribution in [1.82, 2.24) is 10.6 Å². The lowest BCUT2D eigenvalue weighted by Gasteiger charge is -2.54. The van der Waals surface area contributed by atoms with E-state index < -0.39 is 29.3 Å².